The molecule has 0 aliphatic rings. The third-order valence-electron chi connectivity index (χ3n) is 2.62. The van der Waals surface area contributed by atoms with Crippen molar-refractivity contribution in [2.24, 2.45) is 0 Å². The molecule has 0 bridgehead atoms. The normalized spacial score (nSPS) is 10.8. The Kier molecular flexibility index (Phi) is 3.50. The number of nitrogens with zero attached hydrogens (tertiary/aromatic N) is 1. The van der Waals surface area contributed by atoms with Gasteiger partial charge in [0.05, 0.1) is 5.56 Å². The minimum Gasteiger partial charge on any atom is -0.478 e. The molecule has 0 aliphatic carbocycles. The largest absolute Gasteiger partial charge is 0.478 e. The zero-order valence-corrected chi connectivity index (χ0v) is 12.4. The van der Waals surface area contributed by atoms with Crippen molar-refractivity contribution in [2.45, 2.75) is 10.1 Å². The van der Waals surface area contributed by atoms with Crippen molar-refractivity contribution in [1.29, 1.82) is 0 Å². The van der Waals surface area contributed by atoms with E-state index in [0.29, 0.717) is 16.3 Å². The Morgan fingerprint density at radius 1 is 1.25 bits per heavy atom. The van der Waals surface area contributed by atoms with Crippen LogP contribution in [0, 0.1) is 0 Å². The van der Waals surface area contributed by atoms with Crippen LogP contribution in [0.4, 0.5) is 0 Å². The van der Waals surface area contributed by atoms with Crippen molar-refractivity contribution in [3.05, 3.63) is 52.5 Å². The van der Waals surface area contributed by atoms with Gasteiger partial charge in [-0.3, -0.25) is 0 Å². The van der Waals surface area contributed by atoms with Gasteiger partial charge in [0.25, 0.3) is 5.22 Å². The fraction of sp³-hybridized carbons (Fsp3) is 0. The van der Waals surface area contributed by atoms with Crippen LogP contribution >= 0.6 is 27.7 Å². The molecule has 0 radical (unpaired) electrons. The molecule has 1 aromatic heterocycles. The van der Waals surface area contributed by atoms with E-state index in [9.17, 15) is 4.79 Å². The number of carbonyl (C=O) groups is 1. The number of aromatic nitrogens is 1. The summed E-state index contributed by atoms with van der Waals surface area (Å²) >= 11 is 4.79. The zero-order valence-electron chi connectivity index (χ0n) is 10.0. The highest BCUT2D eigenvalue weighted by molar-refractivity contribution is 9.10. The molecular formula is C14H8BrNO3S. The molecule has 0 saturated heterocycles. The molecular weight excluding hydrogens is 342 g/mol. The lowest BCUT2D eigenvalue weighted by Crippen LogP contribution is -1.94. The minimum absolute atomic E-state index is 0.188. The number of hydrogen-bond acceptors (Lipinski definition) is 4. The maximum absolute atomic E-state index is 10.9. The van der Waals surface area contributed by atoms with Crippen molar-refractivity contribution < 1.29 is 14.3 Å². The number of fused-ring (bicyclic) bond motifs is 1. The SMILES string of the molecule is O=C(O)c1ccc2nc(Sc3cccc(Br)c3)oc2c1. The Morgan fingerprint density at radius 2 is 2.10 bits per heavy atom. The van der Waals surface area contributed by atoms with Gasteiger partial charge in [0.2, 0.25) is 0 Å². The van der Waals surface area contributed by atoms with Gasteiger partial charge in [-0.25, -0.2) is 9.78 Å². The first kappa shape index (κ1) is 13.2. The first-order valence-corrected chi connectivity index (χ1v) is 7.30. The molecule has 0 spiro atoms. The third-order valence-corrected chi connectivity index (χ3v) is 3.95. The predicted molar refractivity (Wildman–Crippen MR) is 79.2 cm³/mol. The summed E-state index contributed by atoms with van der Waals surface area (Å²) in [5, 5.41) is 9.43. The van der Waals surface area contributed by atoms with Crippen LogP contribution in [0.2, 0.25) is 0 Å². The fourth-order valence-electron chi connectivity index (χ4n) is 1.71. The Morgan fingerprint density at radius 3 is 2.85 bits per heavy atom. The van der Waals surface area contributed by atoms with E-state index in [1.165, 1.54) is 23.9 Å². The molecule has 0 atom stereocenters. The van der Waals surface area contributed by atoms with Gasteiger partial charge in [0.15, 0.2) is 5.58 Å². The maximum Gasteiger partial charge on any atom is 0.335 e. The number of rotatable bonds is 3. The second-order valence-corrected chi connectivity index (χ2v) is 5.97. The van der Waals surface area contributed by atoms with E-state index in [1.807, 2.05) is 24.3 Å². The number of aromatic carboxylic acids is 1. The average Bonchev–Trinajstić information content (AvgIpc) is 2.79. The number of hydrogen-bond donors (Lipinski definition) is 1. The summed E-state index contributed by atoms with van der Waals surface area (Å²) in [5.74, 6) is -0.982. The summed E-state index contributed by atoms with van der Waals surface area (Å²) < 4.78 is 6.55. The molecule has 0 amide bonds. The number of carboxylic acid groups (broad SMARTS) is 1. The van der Waals surface area contributed by atoms with Gasteiger partial charge in [0, 0.05) is 9.37 Å². The van der Waals surface area contributed by atoms with Crippen molar-refractivity contribution in [3.8, 4) is 0 Å². The topological polar surface area (TPSA) is 63.3 Å². The molecule has 3 aromatic rings. The van der Waals surface area contributed by atoms with Gasteiger partial charge in [-0.15, -0.1) is 0 Å². The average molecular weight is 350 g/mol. The molecule has 2 aromatic carbocycles. The Labute approximate surface area is 126 Å². The molecule has 3 rings (SSSR count). The molecule has 20 heavy (non-hydrogen) atoms. The first-order chi connectivity index (χ1) is 9.61. The van der Waals surface area contributed by atoms with E-state index in [0.717, 1.165) is 9.37 Å². The second-order valence-electron chi connectivity index (χ2n) is 4.03. The van der Waals surface area contributed by atoms with Gasteiger partial charge in [0.1, 0.15) is 5.52 Å². The van der Waals surface area contributed by atoms with Crippen LogP contribution in [-0.2, 0) is 0 Å². The highest BCUT2D eigenvalue weighted by Gasteiger charge is 2.10. The van der Waals surface area contributed by atoms with E-state index in [4.69, 9.17) is 9.52 Å². The van der Waals surface area contributed by atoms with Crippen molar-refractivity contribution in [1.82, 2.24) is 4.98 Å². The Hall–Kier alpha value is -1.79. The molecule has 1 N–H and O–H groups in total. The quantitative estimate of drug-likeness (QED) is 0.757. The van der Waals surface area contributed by atoms with Gasteiger partial charge < -0.3 is 9.52 Å². The summed E-state index contributed by atoms with van der Waals surface area (Å²) in [6.07, 6.45) is 0. The van der Waals surface area contributed by atoms with Crippen LogP contribution in [0.3, 0.4) is 0 Å². The summed E-state index contributed by atoms with van der Waals surface area (Å²) in [6.45, 7) is 0. The molecule has 0 saturated carbocycles. The number of carboxylic acids is 1. The standard InChI is InChI=1S/C14H8BrNO3S/c15-9-2-1-3-10(7-9)20-14-16-11-5-4-8(13(17)18)6-12(11)19-14/h1-7H,(H,17,18). The summed E-state index contributed by atoms with van der Waals surface area (Å²) in [6, 6.07) is 12.4. The molecule has 6 heteroatoms. The fourth-order valence-corrected chi connectivity index (χ4v) is 3.07. The van der Waals surface area contributed by atoms with Crippen LogP contribution < -0.4 is 0 Å². The third kappa shape index (κ3) is 2.71. The van der Waals surface area contributed by atoms with Crippen LogP contribution in [0.25, 0.3) is 11.1 Å². The lowest BCUT2D eigenvalue weighted by Gasteiger charge is -1.96. The molecule has 1 heterocycles. The van der Waals surface area contributed by atoms with Crippen molar-refractivity contribution in [2.75, 3.05) is 0 Å². The Balaban J connectivity index is 1.95. The monoisotopic (exact) mass is 349 g/mol. The molecule has 100 valence electrons. The number of halogens is 1. The second kappa shape index (κ2) is 5.30. The van der Waals surface area contributed by atoms with E-state index in [-0.39, 0.29) is 5.56 Å². The first-order valence-electron chi connectivity index (χ1n) is 5.69. The van der Waals surface area contributed by atoms with Gasteiger partial charge in [-0.05, 0) is 48.2 Å². The van der Waals surface area contributed by atoms with Crippen molar-refractivity contribution in [3.63, 3.8) is 0 Å². The highest BCUT2D eigenvalue weighted by atomic mass is 79.9. The lowest BCUT2D eigenvalue weighted by molar-refractivity contribution is 0.0697. The zero-order chi connectivity index (χ0) is 14.1. The Bertz CT molecular complexity index is 800. The van der Waals surface area contributed by atoms with E-state index < -0.39 is 5.97 Å². The van der Waals surface area contributed by atoms with Gasteiger partial charge in [-0.1, -0.05) is 22.0 Å². The van der Waals surface area contributed by atoms with Crippen LogP contribution in [0.5, 0.6) is 0 Å². The molecule has 0 aliphatic heterocycles. The van der Waals surface area contributed by atoms with Crippen molar-refractivity contribution >= 4 is 44.8 Å². The summed E-state index contributed by atoms with van der Waals surface area (Å²) in [4.78, 5) is 16.2. The lowest BCUT2D eigenvalue weighted by atomic mass is 10.2. The minimum atomic E-state index is -0.982. The van der Waals surface area contributed by atoms with Gasteiger partial charge in [-0.2, -0.15) is 0 Å². The van der Waals surface area contributed by atoms with E-state index in [2.05, 4.69) is 20.9 Å². The molecule has 4 nitrogen and oxygen atoms in total. The van der Waals surface area contributed by atoms with Crippen LogP contribution in [-0.4, -0.2) is 16.1 Å². The smallest absolute Gasteiger partial charge is 0.335 e. The van der Waals surface area contributed by atoms with Crippen LogP contribution in [0.15, 0.2) is 61.5 Å². The van der Waals surface area contributed by atoms with Gasteiger partial charge >= 0.3 is 5.97 Å². The number of oxazole rings is 1. The molecule has 0 fully saturated rings. The van der Waals surface area contributed by atoms with E-state index in [1.54, 1.807) is 6.07 Å². The van der Waals surface area contributed by atoms with E-state index >= 15 is 0 Å². The summed E-state index contributed by atoms with van der Waals surface area (Å²) in [5.41, 5.74) is 1.31. The highest BCUT2D eigenvalue weighted by Crippen LogP contribution is 2.31. The maximum atomic E-state index is 10.9. The summed E-state index contributed by atoms with van der Waals surface area (Å²) in [7, 11) is 0. The van der Waals surface area contributed by atoms with Crippen LogP contribution in [0.1, 0.15) is 10.4 Å². The predicted octanol–water partition coefficient (Wildman–Crippen LogP) is 4.44. The number of benzene rings is 2. The molecule has 0 unspecified atom stereocenters.